The van der Waals surface area contributed by atoms with Crippen LogP contribution in [0.5, 0.6) is 0 Å². The van der Waals surface area contributed by atoms with Gasteiger partial charge in [-0.05, 0) is 38.1 Å². The van der Waals surface area contributed by atoms with Gasteiger partial charge in [0.05, 0.1) is 6.04 Å². The van der Waals surface area contributed by atoms with Gasteiger partial charge in [-0.15, -0.1) is 11.3 Å². The zero-order chi connectivity index (χ0) is 15.6. The summed E-state index contributed by atoms with van der Waals surface area (Å²) in [4.78, 5) is 1.58. The standard InChI is InChI=1S/C14H13FN2O2S2/c1-9-6-7-13(20-9)10(2)17-21(18,19)14-5-3-4-12(15)11(14)8-16/h3-7,10,17H,1-2H3. The minimum atomic E-state index is -3.97. The maximum Gasteiger partial charge on any atom is 0.242 e. The van der Waals surface area contributed by atoms with Crippen molar-refractivity contribution in [3.8, 4) is 6.07 Å². The van der Waals surface area contributed by atoms with Crippen LogP contribution in [0.25, 0.3) is 0 Å². The summed E-state index contributed by atoms with van der Waals surface area (Å²) in [5.74, 6) is -0.847. The lowest BCUT2D eigenvalue weighted by Gasteiger charge is -2.13. The number of halogens is 1. The number of sulfonamides is 1. The first-order valence-electron chi connectivity index (χ1n) is 6.12. The van der Waals surface area contributed by atoms with Crippen LogP contribution >= 0.6 is 11.3 Å². The Morgan fingerprint density at radius 1 is 1.33 bits per heavy atom. The topological polar surface area (TPSA) is 70.0 Å². The van der Waals surface area contributed by atoms with Crippen molar-refractivity contribution < 1.29 is 12.8 Å². The van der Waals surface area contributed by atoms with E-state index in [1.165, 1.54) is 23.5 Å². The molecular weight excluding hydrogens is 311 g/mol. The first-order valence-corrected chi connectivity index (χ1v) is 8.42. The molecule has 21 heavy (non-hydrogen) atoms. The fourth-order valence-corrected chi connectivity index (χ4v) is 4.22. The summed E-state index contributed by atoms with van der Waals surface area (Å²) in [7, 11) is -3.97. The van der Waals surface area contributed by atoms with Crippen molar-refractivity contribution in [2.24, 2.45) is 0 Å². The summed E-state index contributed by atoms with van der Waals surface area (Å²) in [6, 6.07) is 8.42. The molecule has 0 radical (unpaired) electrons. The highest BCUT2D eigenvalue weighted by molar-refractivity contribution is 7.89. The fraction of sp³-hybridized carbons (Fsp3) is 0.214. The van der Waals surface area contributed by atoms with Crippen LogP contribution in [-0.2, 0) is 10.0 Å². The molecule has 2 aromatic rings. The van der Waals surface area contributed by atoms with Gasteiger partial charge in [-0.25, -0.2) is 17.5 Å². The number of nitrogens with one attached hydrogen (secondary N) is 1. The molecule has 0 saturated carbocycles. The summed E-state index contributed by atoms with van der Waals surface area (Å²) in [5, 5.41) is 8.94. The van der Waals surface area contributed by atoms with Crippen LogP contribution in [0.2, 0.25) is 0 Å². The van der Waals surface area contributed by atoms with Crippen LogP contribution in [0.3, 0.4) is 0 Å². The minimum absolute atomic E-state index is 0.342. The predicted molar refractivity (Wildman–Crippen MR) is 78.9 cm³/mol. The number of rotatable bonds is 4. The number of nitriles is 1. The lowest BCUT2D eigenvalue weighted by Crippen LogP contribution is -2.27. The smallest absolute Gasteiger partial charge is 0.207 e. The molecule has 1 heterocycles. The number of nitrogens with zero attached hydrogens (tertiary/aromatic N) is 1. The summed E-state index contributed by atoms with van der Waals surface area (Å²) in [5.41, 5.74) is -0.473. The molecule has 7 heteroatoms. The normalized spacial score (nSPS) is 12.9. The van der Waals surface area contributed by atoms with Crippen LogP contribution in [0.4, 0.5) is 4.39 Å². The Labute approximate surface area is 126 Å². The van der Waals surface area contributed by atoms with Crippen LogP contribution < -0.4 is 4.72 Å². The maximum atomic E-state index is 13.5. The Morgan fingerprint density at radius 3 is 2.62 bits per heavy atom. The number of benzene rings is 1. The number of thiophene rings is 1. The van der Waals surface area contributed by atoms with E-state index in [9.17, 15) is 12.8 Å². The number of hydrogen-bond donors (Lipinski definition) is 1. The largest absolute Gasteiger partial charge is 0.242 e. The molecule has 0 amide bonds. The Morgan fingerprint density at radius 2 is 2.05 bits per heavy atom. The molecule has 0 aliphatic carbocycles. The molecule has 0 spiro atoms. The van der Waals surface area contributed by atoms with E-state index in [1.54, 1.807) is 13.0 Å². The Balaban J connectivity index is 2.36. The van der Waals surface area contributed by atoms with Crippen LogP contribution in [-0.4, -0.2) is 8.42 Å². The molecule has 0 aliphatic rings. The van der Waals surface area contributed by atoms with E-state index in [4.69, 9.17) is 5.26 Å². The molecule has 4 nitrogen and oxygen atoms in total. The zero-order valence-corrected chi connectivity index (χ0v) is 13.1. The highest BCUT2D eigenvalue weighted by Gasteiger charge is 2.24. The van der Waals surface area contributed by atoms with E-state index >= 15 is 0 Å². The fourth-order valence-electron chi connectivity index (χ4n) is 1.88. The van der Waals surface area contributed by atoms with Crippen molar-refractivity contribution in [1.29, 1.82) is 5.26 Å². The molecule has 0 fully saturated rings. The van der Waals surface area contributed by atoms with Gasteiger partial charge in [0.1, 0.15) is 22.3 Å². The summed E-state index contributed by atoms with van der Waals surface area (Å²) in [6.07, 6.45) is 0. The van der Waals surface area contributed by atoms with E-state index in [1.807, 2.05) is 19.1 Å². The third-order valence-electron chi connectivity index (χ3n) is 2.90. The van der Waals surface area contributed by atoms with Crippen molar-refractivity contribution in [3.05, 3.63) is 51.5 Å². The first kappa shape index (κ1) is 15.6. The van der Waals surface area contributed by atoms with Gasteiger partial charge in [0.25, 0.3) is 0 Å². The highest BCUT2D eigenvalue weighted by Crippen LogP contribution is 2.25. The van der Waals surface area contributed by atoms with Crippen LogP contribution in [0.15, 0.2) is 35.2 Å². The first-order chi connectivity index (χ1) is 9.85. The molecule has 1 N–H and O–H groups in total. The zero-order valence-electron chi connectivity index (χ0n) is 11.4. The van der Waals surface area contributed by atoms with E-state index in [0.29, 0.717) is 0 Å². The van der Waals surface area contributed by atoms with E-state index in [-0.39, 0.29) is 4.90 Å². The van der Waals surface area contributed by atoms with Crippen molar-refractivity contribution in [1.82, 2.24) is 4.72 Å². The van der Waals surface area contributed by atoms with Gasteiger partial charge in [0, 0.05) is 9.75 Å². The Hall–Kier alpha value is -1.75. The van der Waals surface area contributed by atoms with Crippen molar-refractivity contribution >= 4 is 21.4 Å². The summed E-state index contributed by atoms with van der Waals surface area (Å²) >= 11 is 1.48. The quantitative estimate of drug-likeness (QED) is 0.939. The van der Waals surface area contributed by atoms with Gasteiger partial charge >= 0.3 is 0 Å². The van der Waals surface area contributed by atoms with Gasteiger partial charge < -0.3 is 0 Å². The van der Waals surface area contributed by atoms with Crippen molar-refractivity contribution in [3.63, 3.8) is 0 Å². The second kappa shape index (κ2) is 5.93. The third-order valence-corrected chi connectivity index (χ3v) is 5.66. The lowest BCUT2D eigenvalue weighted by atomic mass is 10.2. The van der Waals surface area contributed by atoms with Gasteiger partial charge in [0.2, 0.25) is 10.0 Å². The second-order valence-electron chi connectivity index (χ2n) is 4.52. The molecule has 2 rings (SSSR count). The van der Waals surface area contributed by atoms with E-state index in [0.717, 1.165) is 15.8 Å². The second-order valence-corrected chi connectivity index (χ2v) is 7.52. The van der Waals surface area contributed by atoms with Crippen LogP contribution in [0.1, 0.15) is 28.3 Å². The third kappa shape index (κ3) is 3.29. The SMILES string of the molecule is Cc1ccc(C(C)NS(=O)(=O)c2cccc(F)c2C#N)s1. The van der Waals surface area contributed by atoms with Gasteiger partial charge in [-0.3, -0.25) is 0 Å². The molecular formula is C14H13FN2O2S2. The van der Waals surface area contributed by atoms with Gasteiger partial charge in [-0.1, -0.05) is 6.07 Å². The van der Waals surface area contributed by atoms with Crippen molar-refractivity contribution in [2.75, 3.05) is 0 Å². The minimum Gasteiger partial charge on any atom is -0.207 e. The summed E-state index contributed by atoms with van der Waals surface area (Å²) in [6.45, 7) is 3.63. The number of aryl methyl sites for hydroxylation is 1. The average Bonchev–Trinajstić information content (AvgIpc) is 2.85. The van der Waals surface area contributed by atoms with Gasteiger partial charge in [-0.2, -0.15) is 5.26 Å². The van der Waals surface area contributed by atoms with Crippen LogP contribution in [0, 0.1) is 24.1 Å². The Bertz CT molecular complexity index is 807. The Kier molecular flexibility index (Phi) is 4.42. The number of hydrogen-bond acceptors (Lipinski definition) is 4. The molecule has 0 bridgehead atoms. The average molecular weight is 324 g/mol. The predicted octanol–water partition coefficient (Wildman–Crippen LogP) is 3.11. The molecule has 1 atom stereocenters. The molecule has 1 aromatic heterocycles. The van der Waals surface area contributed by atoms with E-state index in [2.05, 4.69) is 4.72 Å². The summed E-state index contributed by atoms with van der Waals surface area (Å²) < 4.78 is 40.7. The monoisotopic (exact) mass is 324 g/mol. The molecule has 1 unspecified atom stereocenters. The van der Waals surface area contributed by atoms with Gasteiger partial charge in [0.15, 0.2) is 0 Å². The maximum absolute atomic E-state index is 13.5. The molecule has 1 aromatic carbocycles. The molecule has 0 saturated heterocycles. The molecule has 110 valence electrons. The molecule has 0 aliphatic heterocycles. The van der Waals surface area contributed by atoms with Crippen molar-refractivity contribution in [2.45, 2.75) is 24.8 Å². The lowest BCUT2D eigenvalue weighted by molar-refractivity contribution is 0.564. The van der Waals surface area contributed by atoms with E-state index < -0.39 is 27.4 Å². The highest BCUT2D eigenvalue weighted by atomic mass is 32.2.